The fourth-order valence-corrected chi connectivity index (χ4v) is 4.06. The van der Waals surface area contributed by atoms with E-state index in [1.165, 1.54) is 37.4 Å². The van der Waals surface area contributed by atoms with Gasteiger partial charge in [-0.15, -0.1) is 0 Å². The van der Waals surface area contributed by atoms with Gasteiger partial charge in [0, 0.05) is 19.2 Å². The highest BCUT2D eigenvalue weighted by atomic mass is 32.2. The van der Waals surface area contributed by atoms with Crippen LogP contribution in [0.1, 0.15) is 17.3 Å². The summed E-state index contributed by atoms with van der Waals surface area (Å²) < 4.78 is 48.9. The number of sulfonamides is 1. The molecule has 3 rings (SSSR count). The highest BCUT2D eigenvalue weighted by molar-refractivity contribution is 7.92. The first kappa shape index (κ1) is 23.4. The van der Waals surface area contributed by atoms with E-state index in [1.807, 2.05) is 0 Å². The second-order valence-corrected chi connectivity index (χ2v) is 8.64. The number of ether oxygens (including phenoxy) is 4. The SMILES string of the molecule is COCC(C)NC(=O)COC(=O)c1ccccc1NS(=O)(=O)c1ccc2c(c1)OCCO2. The molecule has 2 N–H and O–H groups in total. The Morgan fingerprint density at radius 3 is 2.56 bits per heavy atom. The summed E-state index contributed by atoms with van der Waals surface area (Å²) in [4.78, 5) is 24.3. The van der Waals surface area contributed by atoms with Crippen molar-refractivity contribution >= 4 is 27.6 Å². The maximum absolute atomic E-state index is 12.9. The topological polar surface area (TPSA) is 129 Å². The van der Waals surface area contributed by atoms with Gasteiger partial charge >= 0.3 is 5.97 Å². The number of para-hydroxylation sites is 1. The van der Waals surface area contributed by atoms with Gasteiger partial charge in [-0.05, 0) is 31.2 Å². The summed E-state index contributed by atoms with van der Waals surface area (Å²) in [7, 11) is -2.54. The van der Waals surface area contributed by atoms with Crippen LogP contribution in [0.2, 0.25) is 0 Å². The molecule has 11 heteroatoms. The third-order valence-electron chi connectivity index (χ3n) is 4.37. The van der Waals surface area contributed by atoms with E-state index in [2.05, 4.69) is 10.0 Å². The molecule has 32 heavy (non-hydrogen) atoms. The second kappa shape index (κ2) is 10.3. The van der Waals surface area contributed by atoms with Crippen molar-refractivity contribution in [3.8, 4) is 11.5 Å². The molecule has 0 saturated carbocycles. The molecular formula is C21H24N2O8S. The minimum atomic E-state index is -4.04. The van der Waals surface area contributed by atoms with Crippen molar-refractivity contribution in [3.63, 3.8) is 0 Å². The summed E-state index contributed by atoms with van der Waals surface area (Å²) in [6, 6.07) is 9.92. The number of amides is 1. The summed E-state index contributed by atoms with van der Waals surface area (Å²) >= 11 is 0. The zero-order chi connectivity index (χ0) is 23.1. The summed E-state index contributed by atoms with van der Waals surface area (Å²) in [5.41, 5.74) is -0.0214. The van der Waals surface area contributed by atoms with E-state index >= 15 is 0 Å². The average Bonchev–Trinajstić information content (AvgIpc) is 2.77. The van der Waals surface area contributed by atoms with E-state index in [9.17, 15) is 18.0 Å². The Kier molecular flexibility index (Phi) is 7.54. The number of methoxy groups -OCH3 is 1. The third-order valence-corrected chi connectivity index (χ3v) is 5.74. The molecule has 0 spiro atoms. The number of hydrogen-bond acceptors (Lipinski definition) is 8. The Morgan fingerprint density at radius 2 is 1.81 bits per heavy atom. The van der Waals surface area contributed by atoms with Crippen molar-refractivity contribution < 1.29 is 37.0 Å². The summed E-state index contributed by atoms with van der Waals surface area (Å²) in [6.07, 6.45) is 0. The van der Waals surface area contributed by atoms with Gasteiger partial charge in [0.25, 0.3) is 15.9 Å². The van der Waals surface area contributed by atoms with Crippen molar-refractivity contribution in [1.29, 1.82) is 0 Å². The number of rotatable bonds is 9. The smallest absolute Gasteiger partial charge is 0.340 e. The van der Waals surface area contributed by atoms with Gasteiger partial charge in [-0.25, -0.2) is 13.2 Å². The predicted octanol–water partition coefficient (Wildman–Crippen LogP) is 1.57. The fraction of sp³-hybridized carbons (Fsp3) is 0.333. The summed E-state index contributed by atoms with van der Waals surface area (Å²) in [5, 5.41) is 2.61. The lowest BCUT2D eigenvalue weighted by molar-refractivity contribution is -0.125. The van der Waals surface area contributed by atoms with Gasteiger partial charge in [0.15, 0.2) is 18.1 Å². The Labute approximate surface area is 185 Å². The predicted molar refractivity (Wildman–Crippen MR) is 114 cm³/mol. The largest absolute Gasteiger partial charge is 0.486 e. The monoisotopic (exact) mass is 464 g/mol. The van der Waals surface area contributed by atoms with Gasteiger partial charge in [0.2, 0.25) is 0 Å². The lowest BCUT2D eigenvalue weighted by Crippen LogP contribution is -2.38. The first-order valence-corrected chi connectivity index (χ1v) is 11.3. The number of fused-ring (bicyclic) bond motifs is 1. The molecule has 1 heterocycles. The summed E-state index contributed by atoms with van der Waals surface area (Å²) in [6.45, 7) is 2.23. The number of nitrogens with one attached hydrogen (secondary N) is 2. The third kappa shape index (κ3) is 5.89. The lowest BCUT2D eigenvalue weighted by Gasteiger charge is -2.19. The number of carbonyl (C=O) groups is 2. The highest BCUT2D eigenvalue weighted by Gasteiger charge is 2.22. The van der Waals surface area contributed by atoms with Crippen molar-refractivity contribution in [2.24, 2.45) is 0 Å². The van der Waals surface area contributed by atoms with Crippen LogP contribution in [-0.4, -0.2) is 59.9 Å². The molecule has 1 aliphatic rings. The molecule has 172 valence electrons. The number of benzene rings is 2. The maximum Gasteiger partial charge on any atom is 0.340 e. The lowest BCUT2D eigenvalue weighted by atomic mass is 10.2. The molecule has 1 amide bonds. The van der Waals surface area contributed by atoms with Crippen LogP contribution in [-0.2, 0) is 24.3 Å². The van der Waals surface area contributed by atoms with Crippen LogP contribution in [0, 0.1) is 0 Å². The zero-order valence-electron chi connectivity index (χ0n) is 17.6. The number of hydrogen-bond donors (Lipinski definition) is 2. The number of esters is 1. The number of carbonyl (C=O) groups excluding carboxylic acids is 2. The van der Waals surface area contributed by atoms with E-state index in [-0.39, 0.29) is 22.2 Å². The van der Waals surface area contributed by atoms with Crippen LogP contribution in [0.25, 0.3) is 0 Å². The Morgan fingerprint density at radius 1 is 1.09 bits per heavy atom. The van der Waals surface area contributed by atoms with Crippen LogP contribution in [0.4, 0.5) is 5.69 Å². The fourth-order valence-electron chi connectivity index (χ4n) is 2.96. The van der Waals surface area contributed by atoms with Crippen LogP contribution in [0.5, 0.6) is 11.5 Å². The van der Waals surface area contributed by atoms with E-state index < -0.39 is 28.5 Å². The van der Waals surface area contributed by atoms with Gasteiger partial charge in [0.05, 0.1) is 22.8 Å². The number of anilines is 1. The molecule has 1 atom stereocenters. The molecule has 2 aromatic carbocycles. The molecule has 10 nitrogen and oxygen atoms in total. The van der Waals surface area contributed by atoms with Crippen molar-refractivity contribution in [1.82, 2.24) is 5.32 Å². The van der Waals surface area contributed by atoms with Gasteiger partial charge in [-0.3, -0.25) is 9.52 Å². The molecule has 0 aliphatic carbocycles. The van der Waals surface area contributed by atoms with Crippen molar-refractivity contribution in [2.75, 3.05) is 38.3 Å². The van der Waals surface area contributed by atoms with Gasteiger partial charge in [0.1, 0.15) is 13.2 Å². The molecule has 0 bridgehead atoms. The van der Waals surface area contributed by atoms with E-state index in [4.69, 9.17) is 18.9 Å². The van der Waals surface area contributed by atoms with E-state index in [0.29, 0.717) is 31.3 Å². The molecule has 0 fully saturated rings. The first-order valence-electron chi connectivity index (χ1n) is 9.77. The van der Waals surface area contributed by atoms with Gasteiger partial charge in [-0.1, -0.05) is 12.1 Å². The zero-order valence-corrected chi connectivity index (χ0v) is 18.4. The summed E-state index contributed by atoms with van der Waals surface area (Å²) in [5.74, 6) is -0.574. The molecule has 0 radical (unpaired) electrons. The van der Waals surface area contributed by atoms with E-state index in [0.717, 1.165) is 0 Å². The standard InChI is InChI=1S/C21H24N2O8S/c1-14(12-28-2)22-20(24)13-31-21(25)16-5-3-4-6-17(16)23-32(26,27)15-7-8-18-19(11-15)30-10-9-29-18/h3-8,11,14,23H,9-10,12-13H2,1-2H3,(H,22,24). The van der Waals surface area contributed by atoms with E-state index in [1.54, 1.807) is 19.1 Å². The highest BCUT2D eigenvalue weighted by Crippen LogP contribution is 2.33. The van der Waals surface area contributed by atoms with Crippen LogP contribution in [0.3, 0.4) is 0 Å². The van der Waals surface area contributed by atoms with Gasteiger partial charge < -0.3 is 24.3 Å². The van der Waals surface area contributed by atoms with Crippen molar-refractivity contribution in [3.05, 3.63) is 48.0 Å². The van der Waals surface area contributed by atoms with Crippen LogP contribution >= 0.6 is 0 Å². The van der Waals surface area contributed by atoms with Crippen LogP contribution in [0.15, 0.2) is 47.4 Å². The quantitative estimate of drug-likeness (QED) is 0.535. The minimum Gasteiger partial charge on any atom is -0.486 e. The maximum atomic E-state index is 12.9. The van der Waals surface area contributed by atoms with Gasteiger partial charge in [-0.2, -0.15) is 0 Å². The molecule has 1 unspecified atom stereocenters. The molecule has 0 saturated heterocycles. The first-order chi connectivity index (χ1) is 15.3. The molecule has 2 aromatic rings. The Bertz CT molecular complexity index is 1090. The Balaban J connectivity index is 1.70. The van der Waals surface area contributed by atoms with Crippen LogP contribution < -0.4 is 19.5 Å². The second-order valence-electron chi connectivity index (χ2n) is 6.96. The Hall–Kier alpha value is -3.31. The average molecular weight is 464 g/mol. The minimum absolute atomic E-state index is 0.0144. The van der Waals surface area contributed by atoms with Crippen molar-refractivity contribution in [2.45, 2.75) is 17.9 Å². The molecule has 1 aliphatic heterocycles. The normalized spacial score (nSPS) is 13.7. The molecular weight excluding hydrogens is 440 g/mol. The molecule has 0 aromatic heterocycles.